The Kier molecular flexibility index (Phi) is 5.81. The van der Waals surface area contributed by atoms with E-state index in [0.717, 1.165) is 55.3 Å². The van der Waals surface area contributed by atoms with Gasteiger partial charge in [-0.25, -0.2) is 4.98 Å². The smallest absolute Gasteiger partial charge is 0.273 e. The number of aromatic nitrogens is 2. The van der Waals surface area contributed by atoms with Gasteiger partial charge in [0.05, 0.1) is 23.0 Å². The van der Waals surface area contributed by atoms with Gasteiger partial charge in [-0.3, -0.25) is 19.5 Å². The first kappa shape index (κ1) is 20.7. The molecular weight excluding hydrogens is 434 g/mol. The van der Waals surface area contributed by atoms with Crippen molar-refractivity contribution in [2.45, 2.75) is 62.1 Å². The molecule has 0 N–H and O–H groups in total. The lowest BCUT2D eigenvalue weighted by Crippen LogP contribution is -2.29. The number of aryl methyl sites for hydroxylation is 2. The molecule has 1 aliphatic carbocycles. The Morgan fingerprint density at radius 1 is 1.26 bits per heavy atom. The second-order valence-electron chi connectivity index (χ2n) is 8.01. The predicted molar refractivity (Wildman–Crippen MR) is 122 cm³/mol. The van der Waals surface area contributed by atoms with E-state index in [2.05, 4.69) is 0 Å². The van der Waals surface area contributed by atoms with Crippen molar-refractivity contribution < 1.29 is 9.66 Å². The van der Waals surface area contributed by atoms with Gasteiger partial charge < -0.3 is 4.74 Å². The van der Waals surface area contributed by atoms with E-state index in [9.17, 15) is 14.9 Å². The Bertz CT molecular complexity index is 1200. The number of para-hydroxylation sites is 1. The number of thioether (sulfide) groups is 1. The van der Waals surface area contributed by atoms with E-state index in [0.29, 0.717) is 23.0 Å². The Hall–Kier alpha value is -2.23. The van der Waals surface area contributed by atoms with Crippen LogP contribution < -0.4 is 5.56 Å². The zero-order valence-corrected chi connectivity index (χ0v) is 18.7. The Balaban J connectivity index is 1.55. The highest BCUT2D eigenvalue weighted by molar-refractivity contribution is 7.98. The minimum atomic E-state index is -0.362. The maximum Gasteiger partial charge on any atom is 0.273 e. The number of rotatable bonds is 6. The summed E-state index contributed by atoms with van der Waals surface area (Å²) in [6.07, 6.45) is 6.16. The van der Waals surface area contributed by atoms with Gasteiger partial charge in [0.1, 0.15) is 4.83 Å². The summed E-state index contributed by atoms with van der Waals surface area (Å²) in [6.45, 7) is 1.20. The molecule has 3 heterocycles. The molecule has 1 aliphatic heterocycles. The van der Waals surface area contributed by atoms with E-state index < -0.39 is 0 Å². The van der Waals surface area contributed by atoms with Gasteiger partial charge in [0.25, 0.3) is 11.2 Å². The molecule has 3 aromatic rings. The zero-order chi connectivity index (χ0) is 21.4. The molecule has 0 spiro atoms. The van der Waals surface area contributed by atoms with Crippen molar-refractivity contribution in [2.75, 3.05) is 6.61 Å². The molecule has 1 saturated heterocycles. The fourth-order valence-corrected chi connectivity index (χ4v) is 6.74. The minimum Gasteiger partial charge on any atom is -0.376 e. The van der Waals surface area contributed by atoms with Crippen LogP contribution in [0.5, 0.6) is 0 Å². The Morgan fingerprint density at radius 2 is 2.10 bits per heavy atom. The molecule has 2 aromatic heterocycles. The summed E-state index contributed by atoms with van der Waals surface area (Å²) in [4.78, 5) is 31.6. The van der Waals surface area contributed by atoms with Crippen LogP contribution in [0, 0.1) is 10.1 Å². The third kappa shape index (κ3) is 4.02. The SMILES string of the molecule is O=c1c2c3c(sc2nc(SCc2ccccc2[N+](=O)[O-])n1CC1CCCO1)CCCC3. The summed E-state index contributed by atoms with van der Waals surface area (Å²) in [7, 11) is 0. The molecule has 1 fully saturated rings. The molecule has 0 bridgehead atoms. The number of ether oxygens (including phenoxy) is 1. The van der Waals surface area contributed by atoms with E-state index in [1.54, 1.807) is 34.1 Å². The fourth-order valence-electron chi connectivity index (χ4n) is 4.44. The zero-order valence-electron chi connectivity index (χ0n) is 17.0. The molecule has 0 amide bonds. The molecule has 5 rings (SSSR count). The second kappa shape index (κ2) is 8.72. The average molecular weight is 458 g/mol. The molecule has 1 atom stereocenters. The molecule has 0 radical (unpaired) electrons. The standard InChI is InChI=1S/C22H23N3O4S2/c26-21-19-16-8-2-4-10-18(16)31-20(19)23-22(24(21)12-15-7-5-11-29-15)30-13-14-6-1-3-9-17(14)25(27)28/h1,3,6,9,15H,2,4-5,7-8,10-13H2. The van der Waals surface area contributed by atoms with Crippen LogP contribution in [0.15, 0.2) is 34.2 Å². The molecule has 162 valence electrons. The van der Waals surface area contributed by atoms with Gasteiger partial charge in [0.2, 0.25) is 0 Å². The van der Waals surface area contributed by atoms with Gasteiger partial charge in [-0.15, -0.1) is 11.3 Å². The van der Waals surface area contributed by atoms with Crippen LogP contribution in [-0.2, 0) is 29.9 Å². The van der Waals surface area contributed by atoms with E-state index >= 15 is 0 Å². The second-order valence-corrected chi connectivity index (χ2v) is 10.0. The average Bonchev–Trinajstić information content (AvgIpc) is 3.42. The molecule has 9 heteroatoms. The van der Waals surface area contributed by atoms with Gasteiger partial charge in [-0.1, -0.05) is 30.0 Å². The highest BCUT2D eigenvalue weighted by Gasteiger charge is 2.25. The summed E-state index contributed by atoms with van der Waals surface area (Å²) >= 11 is 3.02. The number of hydrogen-bond acceptors (Lipinski definition) is 7. The van der Waals surface area contributed by atoms with Crippen LogP contribution in [0.2, 0.25) is 0 Å². The van der Waals surface area contributed by atoms with Gasteiger partial charge in [0, 0.05) is 28.9 Å². The van der Waals surface area contributed by atoms with E-state index in [4.69, 9.17) is 9.72 Å². The van der Waals surface area contributed by atoms with Crippen LogP contribution >= 0.6 is 23.1 Å². The fraction of sp³-hybridized carbons (Fsp3) is 0.455. The van der Waals surface area contributed by atoms with Gasteiger partial charge >= 0.3 is 0 Å². The van der Waals surface area contributed by atoms with Crippen LogP contribution in [-0.4, -0.2) is 27.2 Å². The maximum atomic E-state index is 13.6. The molecule has 1 unspecified atom stereocenters. The summed E-state index contributed by atoms with van der Waals surface area (Å²) in [5.74, 6) is 0.381. The lowest BCUT2D eigenvalue weighted by molar-refractivity contribution is -0.385. The summed E-state index contributed by atoms with van der Waals surface area (Å²) in [5, 5.41) is 12.8. The highest BCUT2D eigenvalue weighted by atomic mass is 32.2. The van der Waals surface area contributed by atoms with Crippen LogP contribution in [0.4, 0.5) is 5.69 Å². The number of benzene rings is 1. The largest absolute Gasteiger partial charge is 0.376 e. The third-order valence-corrected chi connectivity index (χ3v) is 8.21. The predicted octanol–water partition coefficient (Wildman–Crippen LogP) is 4.72. The lowest BCUT2D eigenvalue weighted by atomic mass is 9.97. The van der Waals surface area contributed by atoms with Crippen molar-refractivity contribution in [3.63, 3.8) is 0 Å². The quantitative estimate of drug-likeness (QED) is 0.230. The Morgan fingerprint density at radius 3 is 2.90 bits per heavy atom. The molecule has 1 aromatic carbocycles. The molecular formula is C22H23N3O4S2. The van der Waals surface area contributed by atoms with E-state index in [-0.39, 0.29) is 22.3 Å². The first-order valence-electron chi connectivity index (χ1n) is 10.6. The van der Waals surface area contributed by atoms with Crippen molar-refractivity contribution in [2.24, 2.45) is 0 Å². The summed E-state index contributed by atoms with van der Waals surface area (Å²) in [6, 6.07) is 6.74. The molecule has 7 nitrogen and oxygen atoms in total. The van der Waals surface area contributed by atoms with Gasteiger partial charge in [0.15, 0.2) is 5.16 Å². The van der Waals surface area contributed by atoms with Crippen molar-refractivity contribution in [3.8, 4) is 0 Å². The third-order valence-electron chi connectivity index (χ3n) is 6.00. The number of thiophene rings is 1. The number of nitro benzene ring substituents is 1. The number of nitro groups is 1. The topological polar surface area (TPSA) is 87.3 Å². The van der Waals surface area contributed by atoms with Crippen molar-refractivity contribution in [1.29, 1.82) is 0 Å². The lowest BCUT2D eigenvalue weighted by Gasteiger charge is -2.16. The number of nitrogens with zero attached hydrogens (tertiary/aromatic N) is 3. The monoisotopic (exact) mass is 457 g/mol. The summed E-state index contributed by atoms with van der Waals surface area (Å²) in [5.41, 5.74) is 1.90. The Labute approximate surface area is 187 Å². The molecule has 0 saturated carbocycles. The first-order chi connectivity index (χ1) is 15.1. The number of hydrogen-bond donors (Lipinski definition) is 0. The van der Waals surface area contributed by atoms with Crippen LogP contribution in [0.25, 0.3) is 10.2 Å². The van der Waals surface area contributed by atoms with Crippen LogP contribution in [0.1, 0.15) is 41.7 Å². The van der Waals surface area contributed by atoms with Crippen molar-refractivity contribution >= 4 is 39.0 Å². The van der Waals surface area contributed by atoms with Gasteiger partial charge in [-0.2, -0.15) is 0 Å². The molecule has 2 aliphatic rings. The summed E-state index contributed by atoms with van der Waals surface area (Å²) < 4.78 is 7.55. The highest BCUT2D eigenvalue weighted by Crippen LogP contribution is 2.35. The first-order valence-corrected chi connectivity index (χ1v) is 12.4. The van der Waals surface area contributed by atoms with E-state index in [1.165, 1.54) is 28.3 Å². The minimum absolute atomic E-state index is 0.00459. The van der Waals surface area contributed by atoms with E-state index in [1.807, 2.05) is 0 Å². The van der Waals surface area contributed by atoms with Gasteiger partial charge in [-0.05, 0) is 44.1 Å². The maximum absolute atomic E-state index is 13.6. The molecule has 31 heavy (non-hydrogen) atoms. The van der Waals surface area contributed by atoms with Crippen LogP contribution in [0.3, 0.4) is 0 Å². The number of fused-ring (bicyclic) bond motifs is 3. The van der Waals surface area contributed by atoms with Crippen molar-refractivity contribution in [1.82, 2.24) is 9.55 Å². The normalized spacial score (nSPS) is 18.4. The van der Waals surface area contributed by atoms with Crippen molar-refractivity contribution in [3.05, 3.63) is 60.7 Å².